The molecule has 104 valence electrons. The first-order valence-corrected chi connectivity index (χ1v) is 6.86. The van der Waals surface area contributed by atoms with Crippen molar-refractivity contribution in [1.82, 2.24) is 5.32 Å². The highest BCUT2D eigenvalue weighted by Crippen LogP contribution is 2.32. The van der Waals surface area contributed by atoms with Crippen LogP contribution in [-0.4, -0.2) is 19.8 Å². The molecule has 3 heteroatoms. The minimum atomic E-state index is 0.582. The Morgan fingerprint density at radius 3 is 2.79 bits per heavy atom. The smallest absolute Gasteiger partial charge is 0.166 e. The molecule has 1 aliphatic rings. The van der Waals surface area contributed by atoms with Gasteiger partial charge in [-0.05, 0) is 38.8 Å². The van der Waals surface area contributed by atoms with Crippen LogP contribution in [0.2, 0.25) is 0 Å². The summed E-state index contributed by atoms with van der Waals surface area (Å²) in [5.41, 5.74) is 2.42. The third-order valence-electron chi connectivity index (χ3n) is 3.16. The lowest BCUT2D eigenvalue weighted by atomic mass is 10.2. The van der Waals surface area contributed by atoms with Crippen LogP contribution in [0.25, 0.3) is 0 Å². The predicted octanol–water partition coefficient (Wildman–Crippen LogP) is 3.29. The number of para-hydroxylation sites is 1. The summed E-state index contributed by atoms with van der Waals surface area (Å²) in [5, 5.41) is 3.51. The van der Waals surface area contributed by atoms with E-state index >= 15 is 0 Å². The standard InChI is InChI=1S/C16H23NO2/c1-12(2)9-10-19-16-13(11-17-14-7-8-14)5-4-6-15(16)18-3/h4-6,9,14,17H,7-8,10-11H2,1-3H3. The molecule has 1 N–H and O–H groups in total. The van der Waals surface area contributed by atoms with E-state index in [1.807, 2.05) is 12.1 Å². The molecule has 0 heterocycles. The van der Waals surface area contributed by atoms with E-state index in [9.17, 15) is 0 Å². The maximum absolute atomic E-state index is 5.88. The Balaban J connectivity index is 2.07. The van der Waals surface area contributed by atoms with E-state index in [4.69, 9.17) is 9.47 Å². The van der Waals surface area contributed by atoms with E-state index in [1.165, 1.54) is 18.4 Å². The van der Waals surface area contributed by atoms with Crippen LogP contribution in [0.4, 0.5) is 0 Å². The molecular weight excluding hydrogens is 238 g/mol. The fourth-order valence-electron chi connectivity index (χ4n) is 1.86. The van der Waals surface area contributed by atoms with E-state index < -0.39 is 0 Å². The zero-order valence-corrected chi connectivity index (χ0v) is 12.0. The zero-order valence-electron chi connectivity index (χ0n) is 12.0. The molecule has 0 saturated heterocycles. The van der Waals surface area contributed by atoms with Gasteiger partial charge < -0.3 is 14.8 Å². The van der Waals surface area contributed by atoms with Gasteiger partial charge in [0.1, 0.15) is 6.61 Å². The third kappa shape index (κ3) is 4.28. The molecule has 0 amide bonds. The highest BCUT2D eigenvalue weighted by molar-refractivity contribution is 5.46. The number of ether oxygens (including phenoxy) is 2. The molecule has 0 aliphatic heterocycles. The number of benzene rings is 1. The fourth-order valence-corrected chi connectivity index (χ4v) is 1.86. The van der Waals surface area contributed by atoms with Gasteiger partial charge in [0.15, 0.2) is 11.5 Å². The number of allylic oxidation sites excluding steroid dienone is 1. The summed E-state index contributed by atoms with van der Waals surface area (Å²) in [5.74, 6) is 1.66. The molecule has 19 heavy (non-hydrogen) atoms. The number of methoxy groups -OCH3 is 1. The van der Waals surface area contributed by atoms with E-state index in [2.05, 4.69) is 31.3 Å². The fraction of sp³-hybridized carbons (Fsp3) is 0.500. The average molecular weight is 261 g/mol. The molecule has 1 aromatic carbocycles. The Bertz CT molecular complexity index is 446. The summed E-state index contributed by atoms with van der Waals surface area (Å²) in [4.78, 5) is 0. The monoisotopic (exact) mass is 261 g/mol. The van der Waals surface area contributed by atoms with E-state index in [1.54, 1.807) is 7.11 Å². The summed E-state index contributed by atoms with van der Waals surface area (Å²) in [6.45, 7) is 5.56. The Morgan fingerprint density at radius 2 is 2.16 bits per heavy atom. The minimum absolute atomic E-state index is 0.582. The van der Waals surface area contributed by atoms with Crippen molar-refractivity contribution in [3.05, 3.63) is 35.4 Å². The van der Waals surface area contributed by atoms with E-state index in [-0.39, 0.29) is 0 Å². The number of hydrogen-bond donors (Lipinski definition) is 1. The van der Waals surface area contributed by atoms with Gasteiger partial charge in [0.05, 0.1) is 7.11 Å². The second-order valence-electron chi connectivity index (χ2n) is 5.20. The van der Waals surface area contributed by atoms with Gasteiger partial charge in [-0.3, -0.25) is 0 Å². The lowest BCUT2D eigenvalue weighted by Gasteiger charge is -2.14. The Kier molecular flexibility index (Phi) is 4.86. The number of rotatable bonds is 7. The van der Waals surface area contributed by atoms with Gasteiger partial charge in [-0.15, -0.1) is 0 Å². The Labute approximate surface area is 115 Å². The zero-order chi connectivity index (χ0) is 13.7. The first-order chi connectivity index (χ1) is 9.20. The van der Waals surface area contributed by atoms with Crippen LogP contribution in [0.3, 0.4) is 0 Å². The lowest BCUT2D eigenvalue weighted by molar-refractivity contribution is 0.321. The van der Waals surface area contributed by atoms with Gasteiger partial charge in [0.2, 0.25) is 0 Å². The number of nitrogens with one attached hydrogen (secondary N) is 1. The van der Waals surface area contributed by atoms with Crippen LogP contribution >= 0.6 is 0 Å². The molecule has 1 saturated carbocycles. The van der Waals surface area contributed by atoms with Crippen molar-refractivity contribution in [3.63, 3.8) is 0 Å². The summed E-state index contributed by atoms with van der Waals surface area (Å²) < 4.78 is 11.3. The maximum atomic E-state index is 5.88. The van der Waals surface area contributed by atoms with Gasteiger partial charge in [-0.25, -0.2) is 0 Å². The van der Waals surface area contributed by atoms with Crippen molar-refractivity contribution >= 4 is 0 Å². The highest BCUT2D eigenvalue weighted by atomic mass is 16.5. The minimum Gasteiger partial charge on any atom is -0.493 e. The Hall–Kier alpha value is -1.48. The highest BCUT2D eigenvalue weighted by Gasteiger charge is 2.21. The number of hydrogen-bond acceptors (Lipinski definition) is 3. The SMILES string of the molecule is COc1cccc(CNC2CC2)c1OCC=C(C)C. The first kappa shape index (κ1) is 13.9. The average Bonchev–Trinajstić information content (AvgIpc) is 3.20. The van der Waals surface area contributed by atoms with Crippen molar-refractivity contribution in [1.29, 1.82) is 0 Å². The summed E-state index contributed by atoms with van der Waals surface area (Å²) in [6.07, 6.45) is 4.65. The van der Waals surface area contributed by atoms with Crippen LogP contribution < -0.4 is 14.8 Å². The second-order valence-corrected chi connectivity index (χ2v) is 5.20. The van der Waals surface area contributed by atoms with Crippen LogP contribution in [0, 0.1) is 0 Å². The van der Waals surface area contributed by atoms with Crippen molar-refractivity contribution in [2.45, 2.75) is 39.3 Å². The molecule has 0 atom stereocenters. The molecule has 0 bridgehead atoms. The van der Waals surface area contributed by atoms with Crippen LogP contribution in [0.5, 0.6) is 11.5 Å². The second kappa shape index (κ2) is 6.62. The quantitative estimate of drug-likeness (QED) is 0.764. The predicted molar refractivity (Wildman–Crippen MR) is 77.8 cm³/mol. The van der Waals surface area contributed by atoms with Crippen molar-refractivity contribution in [3.8, 4) is 11.5 Å². The van der Waals surface area contributed by atoms with E-state index in [0.29, 0.717) is 12.6 Å². The van der Waals surface area contributed by atoms with Crippen LogP contribution in [-0.2, 0) is 6.54 Å². The first-order valence-electron chi connectivity index (χ1n) is 6.86. The van der Waals surface area contributed by atoms with Crippen molar-refractivity contribution in [2.75, 3.05) is 13.7 Å². The van der Waals surface area contributed by atoms with Gasteiger partial charge in [0.25, 0.3) is 0 Å². The van der Waals surface area contributed by atoms with Crippen molar-refractivity contribution in [2.24, 2.45) is 0 Å². The molecular formula is C16H23NO2. The largest absolute Gasteiger partial charge is 0.493 e. The van der Waals surface area contributed by atoms with Crippen LogP contribution in [0.1, 0.15) is 32.3 Å². The normalized spacial score (nSPS) is 14.1. The molecule has 0 radical (unpaired) electrons. The maximum Gasteiger partial charge on any atom is 0.166 e. The van der Waals surface area contributed by atoms with Crippen molar-refractivity contribution < 1.29 is 9.47 Å². The molecule has 0 aromatic heterocycles. The molecule has 0 unspecified atom stereocenters. The molecule has 3 nitrogen and oxygen atoms in total. The molecule has 1 fully saturated rings. The third-order valence-corrected chi connectivity index (χ3v) is 3.16. The molecule has 2 rings (SSSR count). The molecule has 0 spiro atoms. The van der Waals surface area contributed by atoms with Gasteiger partial charge in [0, 0.05) is 18.2 Å². The summed E-state index contributed by atoms with van der Waals surface area (Å²) in [7, 11) is 1.68. The van der Waals surface area contributed by atoms with Gasteiger partial charge >= 0.3 is 0 Å². The summed E-state index contributed by atoms with van der Waals surface area (Å²) in [6, 6.07) is 6.74. The van der Waals surface area contributed by atoms with Gasteiger partial charge in [-0.2, -0.15) is 0 Å². The van der Waals surface area contributed by atoms with E-state index in [0.717, 1.165) is 23.6 Å². The Morgan fingerprint density at radius 1 is 1.37 bits per heavy atom. The molecule has 1 aromatic rings. The summed E-state index contributed by atoms with van der Waals surface area (Å²) >= 11 is 0. The lowest BCUT2D eigenvalue weighted by Crippen LogP contribution is -2.16. The topological polar surface area (TPSA) is 30.5 Å². The van der Waals surface area contributed by atoms with Gasteiger partial charge in [-0.1, -0.05) is 17.7 Å². The van der Waals surface area contributed by atoms with Crippen LogP contribution in [0.15, 0.2) is 29.8 Å². The molecule has 1 aliphatic carbocycles.